The van der Waals surface area contributed by atoms with Gasteiger partial charge in [0.25, 0.3) is 5.56 Å². The van der Waals surface area contributed by atoms with Crippen LogP contribution in [0.2, 0.25) is 0 Å². The van der Waals surface area contributed by atoms with E-state index in [1.807, 2.05) is 18.2 Å². The van der Waals surface area contributed by atoms with Crippen molar-refractivity contribution in [2.45, 2.75) is 18.9 Å². The minimum atomic E-state index is -0.411. The summed E-state index contributed by atoms with van der Waals surface area (Å²) in [5.74, 6) is -0.726. The minimum absolute atomic E-state index is 0.143. The summed E-state index contributed by atoms with van der Waals surface area (Å²) in [5.41, 5.74) is 6.25. The fraction of sp³-hybridized carbons (Fsp3) is 0.138. The second-order valence-corrected chi connectivity index (χ2v) is 9.79. The highest BCUT2D eigenvalue weighted by Crippen LogP contribution is 2.41. The predicted octanol–water partition coefficient (Wildman–Crippen LogP) is 4.24. The average Bonchev–Trinajstić information content (AvgIpc) is 3.22. The van der Waals surface area contributed by atoms with Crippen LogP contribution in [0.1, 0.15) is 45.1 Å². The predicted molar refractivity (Wildman–Crippen MR) is 137 cm³/mol. The molecule has 1 aliphatic heterocycles. The quantitative estimate of drug-likeness (QED) is 0.399. The number of rotatable bonds is 3. The first-order valence-corrected chi connectivity index (χ1v) is 12.4. The Balaban J connectivity index is 1.55. The van der Waals surface area contributed by atoms with Gasteiger partial charge in [-0.05, 0) is 65.4 Å². The first-order valence-electron chi connectivity index (χ1n) is 11.6. The van der Waals surface area contributed by atoms with Gasteiger partial charge in [0.05, 0.1) is 28.9 Å². The third kappa shape index (κ3) is 3.72. The number of aromatic nitrogens is 1. The zero-order chi connectivity index (χ0) is 24.8. The Hall–Kier alpha value is -4.10. The Morgan fingerprint density at radius 3 is 2.56 bits per heavy atom. The van der Waals surface area contributed by atoms with Gasteiger partial charge in [-0.2, -0.15) is 0 Å². The third-order valence-corrected chi connectivity index (χ3v) is 7.67. The van der Waals surface area contributed by atoms with Crippen molar-refractivity contribution in [3.63, 3.8) is 0 Å². The largest absolute Gasteiger partial charge is 0.465 e. The number of esters is 1. The molecule has 7 heteroatoms. The molecular weight excluding hydrogens is 475 g/mol. The molecule has 0 saturated heterocycles. The maximum Gasteiger partial charge on any atom is 0.337 e. The fourth-order valence-electron chi connectivity index (χ4n) is 4.95. The molecular formula is C29H21FN2O3S. The van der Waals surface area contributed by atoms with Crippen LogP contribution in [0.3, 0.4) is 0 Å². The number of carbonyl (C=O) groups excluding carboxylic acids is 1. The Morgan fingerprint density at radius 2 is 1.81 bits per heavy atom. The Morgan fingerprint density at radius 1 is 1.06 bits per heavy atom. The Kier molecular flexibility index (Phi) is 5.49. The van der Waals surface area contributed by atoms with Crippen LogP contribution in [-0.2, 0) is 11.2 Å². The number of hydrogen-bond donors (Lipinski definition) is 0. The van der Waals surface area contributed by atoms with Gasteiger partial charge in [0, 0.05) is 5.56 Å². The van der Waals surface area contributed by atoms with E-state index < -0.39 is 5.97 Å². The molecule has 0 amide bonds. The standard InChI is InChI=1S/C29H21FN2O3S/c1-35-28(34)20-8-6-17(7-9-20)16-24-27(33)32-26(19-10-13-21(30)14-11-19)23-15-12-18-4-2-3-5-22(18)25(23)31-29(32)36-24/h2-11,13-14,16,26H,12,15H2,1H3. The number of allylic oxidation sites excluding steroid dienone is 1. The lowest BCUT2D eigenvalue weighted by Gasteiger charge is -2.30. The Labute approximate surface area is 210 Å². The van der Waals surface area contributed by atoms with Crippen LogP contribution >= 0.6 is 11.3 Å². The number of hydrogen-bond acceptors (Lipinski definition) is 5. The molecule has 6 rings (SSSR count). The van der Waals surface area contributed by atoms with Crippen molar-refractivity contribution in [2.24, 2.45) is 4.99 Å². The van der Waals surface area contributed by atoms with E-state index in [0.717, 1.165) is 40.8 Å². The van der Waals surface area contributed by atoms with Gasteiger partial charge in [-0.3, -0.25) is 9.36 Å². The van der Waals surface area contributed by atoms with Crippen LogP contribution in [0.25, 0.3) is 11.8 Å². The van der Waals surface area contributed by atoms with E-state index in [4.69, 9.17) is 9.73 Å². The molecule has 0 saturated carbocycles. The lowest BCUT2D eigenvalue weighted by atomic mass is 9.83. The normalized spacial score (nSPS) is 16.6. The van der Waals surface area contributed by atoms with E-state index in [1.54, 1.807) is 41.0 Å². The number of nitrogens with zero attached hydrogens (tertiary/aromatic N) is 2. The van der Waals surface area contributed by atoms with Crippen LogP contribution in [0, 0.1) is 5.82 Å². The smallest absolute Gasteiger partial charge is 0.337 e. The maximum atomic E-state index is 13.8. The van der Waals surface area contributed by atoms with Crippen molar-refractivity contribution in [1.82, 2.24) is 4.57 Å². The topological polar surface area (TPSA) is 60.7 Å². The molecule has 36 heavy (non-hydrogen) atoms. The molecule has 2 aliphatic rings. The molecule has 5 nitrogen and oxygen atoms in total. The second kappa shape index (κ2) is 8.84. The SMILES string of the molecule is COC(=O)c1ccc(C=c2sc3n(c2=O)C(c2ccc(F)cc2)C2=C(N=3)c3ccccc3CC2)cc1. The van der Waals surface area contributed by atoms with E-state index in [2.05, 4.69) is 12.1 Å². The van der Waals surface area contributed by atoms with Gasteiger partial charge >= 0.3 is 5.97 Å². The maximum absolute atomic E-state index is 13.8. The molecule has 178 valence electrons. The van der Waals surface area contributed by atoms with E-state index in [9.17, 15) is 14.0 Å². The summed E-state index contributed by atoms with van der Waals surface area (Å²) < 4.78 is 20.8. The van der Waals surface area contributed by atoms with Crippen LogP contribution in [0.15, 0.2) is 88.2 Å². The molecule has 0 bridgehead atoms. The molecule has 0 radical (unpaired) electrons. The summed E-state index contributed by atoms with van der Waals surface area (Å²) in [6, 6.07) is 21.2. The van der Waals surface area contributed by atoms with Gasteiger partial charge in [-0.25, -0.2) is 14.2 Å². The van der Waals surface area contributed by atoms with Gasteiger partial charge in [-0.1, -0.05) is 59.9 Å². The van der Waals surface area contributed by atoms with Gasteiger partial charge in [0.1, 0.15) is 5.82 Å². The first-order chi connectivity index (χ1) is 17.5. The summed E-state index contributed by atoms with van der Waals surface area (Å²) in [6.07, 6.45) is 3.44. The molecule has 1 atom stereocenters. The van der Waals surface area contributed by atoms with Crippen LogP contribution in [0.5, 0.6) is 0 Å². The van der Waals surface area contributed by atoms with E-state index >= 15 is 0 Å². The molecule has 2 heterocycles. The highest BCUT2D eigenvalue weighted by Gasteiger charge is 2.32. The number of ether oxygens (including phenoxy) is 1. The summed E-state index contributed by atoms with van der Waals surface area (Å²) in [7, 11) is 1.34. The van der Waals surface area contributed by atoms with Crippen molar-refractivity contribution in [2.75, 3.05) is 7.11 Å². The third-order valence-electron chi connectivity index (χ3n) is 6.69. The van der Waals surface area contributed by atoms with Gasteiger partial charge < -0.3 is 4.74 Å². The summed E-state index contributed by atoms with van der Waals surface area (Å²) in [4.78, 5) is 31.1. The molecule has 4 aromatic rings. The summed E-state index contributed by atoms with van der Waals surface area (Å²) in [6.45, 7) is 0. The molecule has 0 fully saturated rings. The number of methoxy groups -OCH3 is 1. The molecule has 0 spiro atoms. The Bertz CT molecular complexity index is 1710. The van der Waals surface area contributed by atoms with Crippen molar-refractivity contribution < 1.29 is 13.9 Å². The first kappa shape index (κ1) is 22.4. The van der Waals surface area contributed by atoms with E-state index in [0.29, 0.717) is 14.9 Å². The van der Waals surface area contributed by atoms with Gasteiger partial charge in [-0.15, -0.1) is 0 Å². The van der Waals surface area contributed by atoms with Gasteiger partial charge in [0.15, 0.2) is 4.80 Å². The van der Waals surface area contributed by atoms with E-state index in [1.165, 1.54) is 36.1 Å². The summed E-state index contributed by atoms with van der Waals surface area (Å²) >= 11 is 1.33. The molecule has 3 aromatic carbocycles. The van der Waals surface area contributed by atoms with Crippen LogP contribution in [-0.4, -0.2) is 17.6 Å². The average molecular weight is 497 g/mol. The van der Waals surface area contributed by atoms with E-state index in [-0.39, 0.29) is 17.4 Å². The highest BCUT2D eigenvalue weighted by molar-refractivity contribution is 7.07. The fourth-order valence-corrected chi connectivity index (χ4v) is 5.95. The number of benzene rings is 3. The number of halogens is 1. The van der Waals surface area contributed by atoms with Crippen molar-refractivity contribution in [3.8, 4) is 0 Å². The van der Waals surface area contributed by atoms with Crippen LogP contribution in [0.4, 0.5) is 4.39 Å². The number of aryl methyl sites for hydroxylation is 1. The number of thiazole rings is 1. The summed E-state index contributed by atoms with van der Waals surface area (Å²) in [5, 5.41) is 0. The second-order valence-electron chi connectivity index (χ2n) is 8.78. The minimum Gasteiger partial charge on any atom is -0.465 e. The highest BCUT2D eigenvalue weighted by atomic mass is 32.1. The monoisotopic (exact) mass is 496 g/mol. The lowest BCUT2D eigenvalue weighted by molar-refractivity contribution is 0.0600. The van der Waals surface area contributed by atoms with Gasteiger partial charge in [0.2, 0.25) is 0 Å². The molecule has 0 N–H and O–H groups in total. The number of fused-ring (bicyclic) bond motifs is 3. The van der Waals surface area contributed by atoms with Crippen molar-refractivity contribution in [3.05, 3.63) is 132 Å². The molecule has 1 aliphatic carbocycles. The zero-order valence-corrected chi connectivity index (χ0v) is 20.2. The van der Waals surface area contributed by atoms with Crippen molar-refractivity contribution in [1.29, 1.82) is 0 Å². The molecule has 1 unspecified atom stereocenters. The zero-order valence-electron chi connectivity index (χ0n) is 19.4. The lowest BCUT2D eigenvalue weighted by Crippen LogP contribution is -2.38. The molecule has 1 aromatic heterocycles. The number of carbonyl (C=O) groups is 1. The van der Waals surface area contributed by atoms with Crippen LogP contribution < -0.4 is 14.9 Å². The van der Waals surface area contributed by atoms with Crippen molar-refractivity contribution >= 4 is 29.1 Å².